The SMILES string of the molecule is CC(C)N(C(=O)c1cccc2c1Cc1ccccc1S2)C(C)C. The number of rotatable bonds is 3. The van der Waals surface area contributed by atoms with E-state index in [1.54, 1.807) is 11.8 Å². The summed E-state index contributed by atoms with van der Waals surface area (Å²) in [5.41, 5.74) is 3.34. The van der Waals surface area contributed by atoms with Crippen molar-refractivity contribution < 1.29 is 4.79 Å². The molecule has 0 fully saturated rings. The Balaban J connectivity index is 2.02. The van der Waals surface area contributed by atoms with Crippen LogP contribution in [0.2, 0.25) is 0 Å². The van der Waals surface area contributed by atoms with E-state index >= 15 is 0 Å². The molecule has 0 unspecified atom stereocenters. The number of hydrogen-bond donors (Lipinski definition) is 0. The van der Waals surface area contributed by atoms with Crippen molar-refractivity contribution in [3.05, 3.63) is 59.2 Å². The molecule has 0 atom stereocenters. The molecule has 0 aromatic heterocycles. The molecule has 23 heavy (non-hydrogen) atoms. The van der Waals surface area contributed by atoms with E-state index in [-0.39, 0.29) is 18.0 Å². The van der Waals surface area contributed by atoms with Crippen LogP contribution >= 0.6 is 11.8 Å². The van der Waals surface area contributed by atoms with Crippen molar-refractivity contribution in [2.75, 3.05) is 0 Å². The average Bonchev–Trinajstić information content (AvgIpc) is 2.51. The average molecular weight is 325 g/mol. The van der Waals surface area contributed by atoms with Gasteiger partial charge in [-0.3, -0.25) is 4.79 Å². The van der Waals surface area contributed by atoms with Crippen LogP contribution in [0.4, 0.5) is 0 Å². The first-order chi connectivity index (χ1) is 11.0. The molecular formula is C20H23NOS. The lowest BCUT2D eigenvalue weighted by Gasteiger charge is -2.32. The molecule has 1 aliphatic rings. The zero-order chi connectivity index (χ0) is 16.6. The largest absolute Gasteiger partial charge is 0.334 e. The van der Waals surface area contributed by atoms with E-state index < -0.39 is 0 Å². The van der Waals surface area contributed by atoms with E-state index in [0.29, 0.717) is 0 Å². The monoisotopic (exact) mass is 325 g/mol. The first-order valence-corrected chi connectivity index (χ1v) is 9.01. The minimum atomic E-state index is 0.145. The zero-order valence-corrected chi connectivity index (χ0v) is 15.0. The van der Waals surface area contributed by atoms with Crippen molar-refractivity contribution >= 4 is 17.7 Å². The summed E-state index contributed by atoms with van der Waals surface area (Å²) in [5.74, 6) is 0.145. The third-order valence-electron chi connectivity index (χ3n) is 4.27. The number of carbonyl (C=O) groups excluding carboxylic acids is 1. The van der Waals surface area contributed by atoms with E-state index in [1.165, 1.54) is 20.9 Å². The highest BCUT2D eigenvalue weighted by Crippen LogP contribution is 2.40. The van der Waals surface area contributed by atoms with Crippen molar-refractivity contribution in [1.82, 2.24) is 4.90 Å². The summed E-state index contributed by atoms with van der Waals surface area (Å²) >= 11 is 1.77. The fourth-order valence-corrected chi connectivity index (χ4v) is 4.41. The van der Waals surface area contributed by atoms with Crippen molar-refractivity contribution in [2.45, 2.75) is 56.0 Å². The van der Waals surface area contributed by atoms with Gasteiger partial charge >= 0.3 is 0 Å². The van der Waals surface area contributed by atoms with Gasteiger partial charge in [-0.25, -0.2) is 0 Å². The van der Waals surface area contributed by atoms with Crippen molar-refractivity contribution in [2.24, 2.45) is 0 Å². The van der Waals surface area contributed by atoms with Gasteiger partial charge in [-0.2, -0.15) is 0 Å². The van der Waals surface area contributed by atoms with Crippen molar-refractivity contribution in [3.63, 3.8) is 0 Å². The second-order valence-corrected chi connectivity index (χ2v) is 7.65. The van der Waals surface area contributed by atoms with E-state index in [9.17, 15) is 4.79 Å². The lowest BCUT2D eigenvalue weighted by atomic mass is 9.97. The number of carbonyl (C=O) groups is 1. The minimum absolute atomic E-state index is 0.145. The van der Waals surface area contributed by atoms with E-state index in [4.69, 9.17) is 0 Å². The summed E-state index contributed by atoms with van der Waals surface area (Å²) in [5, 5.41) is 0. The molecule has 0 N–H and O–H groups in total. The number of hydrogen-bond acceptors (Lipinski definition) is 2. The summed E-state index contributed by atoms with van der Waals surface area (Å²) < 4.78 is 0. The Morgan fingerprint density at radius 1 is 0.957 bits per heavy atom. The molecule has 0 bridgehead atoms. The highest BCUT2D eigenvalue weighted by molar-refractivity contribution is 7.99. The van der Waals surface area contributed by atoms with Crippen LogP contribution in [-0.2, 0) is 6.42 Å². The summed E-state index contributed by atoms with van der Waals surface area (Å²) in [6.45, 7) is 8.32. The van der Waals surface area contributed by atoms with Gasteiger partial charge in [0.05, 0.1) is 0 Å². The summed E-state index contributed by atoms with van der Waals surface area (Å²) in [4.78, 5) is 17.6. The molecule has 0 spiro atoms. The molecular weight excluding hydrogens is 302 g/mol. The lowest BCUT2D eigenvalue weighted by Crippen LogP contribution is -2.42. The third kappa shape index (κ3) is 3.02. The fraction of sp³-hybridized carbons (Fsp3) is 0.350. The molecule has 0 saturated heterocycles. The maximum atomic E-state index is 13.1. The second kappa shape index (κ2) is 6.40. The van der Waals surface area contributed by atoms with Crippen LogP contribution in [0.1, 0.15) is 49.2 Å². The Bertz CT molecular complexity index is 728. The minimum Gasteiger partial charge on any atom is -0.334 e. The van der Waals surface area contributed by atoms with E-state index in [1.807, 2.05) is 17.0 Å². The maximum absolute atomic E-state index is 13.1. The van der Waals surface area contributed by atoms with Crippen LogP contribution in [0.25, 0.3) is 0 Å². The number of benzene rings is 2. The molecule has 1 heterocycles. The van der Waals surface area contributed by atoms with E-state index in [0.717, 1.165) is 12.0 Å². The molecule has 0 saturated carbocycles. The molecule has 3 rings (SSSR count). The molecule has 0 radical (unpaired) electrons. The van der Waals surface area contributed by atoms with Gasteiger partial charge in [-0.05, 0) is 57.0 Å². The van der Waals surface area contributed by atoms with Crippen LogP contribution in [0.15, 0.2) is 52.3 Å². The van der Waals surface area contributed by atoms with Crippen molar-refractivity contribution in [3.8, 4) is 0 Å². The number of fused-ring (bicyclic) bond motifs is 2. The topological polar surface area (TPSA) is 20.3 Å². The molecule has 1 aliphatic heterocycles. The summed E-state index contributed by atoms with van der Waals surface area (Å²) in [6, 6.07) is 15.0. The predicted octanol–water partition coefficient (Wildman–Crippen LogP) is 5.00. The van der Waals surface area contributed by atoms with Crippen LogP contribution < -0.4 is 0 Å². The lowest BCUT2D eigenvalue weighted by molar-refractivity contribution is 0.0642. The normalized spacial score (nSPS) is 13.0. The van der Waals surface area contributed by atoms with Gasteiger partial charge < -0.3 is 4.90 Å². The molecule has 2 nitrogen and oxygen atoms in total. The zero-order valence-electron chi connectivity index (χ0n) is 14.2. The standard InChI is InChI=1S/C20H23NOS/c1-13(2)21(14(3)4)20(22)16-9-7-11-19-17(16)12-15-8-5-6-10-18(15)23-19/h5-11,13-14H,12H2,1-4H3. The first kappa shape index (κ1) is 16.1. The molecule has 0 aliphatic carbocycles. The van der Waals surface area contributed by atoms with Gasteiger partial charge in [0.15, 0.2) is 0 Å². The highest BCUT2D eigenvalue weighted by Gasteiger charge is 2.27. The highest BCUT2D eigenvalue weighted by atomic mass is 32.2. The van der Waals surface area contributed by atoms with Crippen molar-refractivity contribution in [1.29, 1.82) is 0 Å². The van der Waals surface area contributed by atoms with Gasteiger partial charge in [0.2, 0.25) is 0 Å². The molecule has 2 aromatic carbocycles. The van der Waals surface area contributed by atoms with Gasteiger partial charge in [0.25, 0.3) is 5.91 Å². The fourth-order valence-electron chi connectivity index (χ4n) is 3.31. The Hall–Kier alpha value is -1.74. The summed E-state index contributed by atoms with van der Waals surface area (Å²) in [7, 11) is 0. The Morgan fingerprint density at radius 2 is 1.61 bits per heavy atom. The van der Waals surface area contributed by atoms with E-state index in [2.05, 4.69) is 58.0 Å². The van der Waals surface area contributed by atoms with Crippen LogP contribution in [0, 0.1) is 0 Å². The Labute approximate surface area is 142 Å². The molecule has 1 amide bonds. The summed E-state index contributed by atoms with van der Waals surface area (Å²) in [6.07, 6.45) is 0.838. The van der Waals surface area contributed by atoms with Gasteiger partial charge in [0, 0.05) is 33.9 Å². The van der Waals surface area contributed by atoms with Crippen LogP contribution in [0.3, 0.4) is 0 Å². The number of nitrogens with zero attached hydrogens (tertiary/aromatic N) is 1. The van der Waals surface area contributed by atoms with Crippen LogP contribution in [0.5, 0.6) is 0 Å². The smallest absolute Gasteiger partial charge is 0.254 e. The first-order valence-electron chi connectivity index (χ1n) is 8.19. The van der Waals surface area contributed by atoms with Gasteiger partial charge in [0.1, 0.15) is 0 Å². The molecule has 2 aromatic rings. The maximum Gasteiger partial charge on any atom is 0.254 e. The van der Waals surface area contributed by atoms with Crippen LogP contribution in [-0.4, -0.2) is 22.9 Å². The van der Waals surface area contributed by atoms with Gasteiger partial charge in [-0.15, -0.1) is 0 Å². The molecule has 3 heteroatoms. The third-order valence-corrected chi connectivity index (χ3v) is 5.49. The van der Waals surface area contributed by atoms with Gasteiger partial charge in [-0.1, -0.05) is 36.0 Å². The second-order valence-electron chi connectivity index (χ2n) is 6.57. The Morgan fingerprint density at radius 3 is 2.30 bits per heavy atom. The molecule has 120 valence electrons. The predicted molar refractivity (Wildman–Crippen MR) is 96.3 cm³/mol. The Kier molecular flexibility index (Phi) is 4.49. The quantitative estimate of drug-likeness (QED) is 0.675. The number of amides is 1.